The highest BCUT2D eigenvalue weighted by atomic mass is 32.2. The number of H-pyrrole nitrogens is 3. The molecule has 9 N–H and O–H groups in total. The van der Waals surface area contributed by atoms with E-state index < -0.39 is 34.2 Å². The van der Waals surface area contributed by atoms with E-state index in [0.29, 0.717) is 192 Å². The van der Waals surface area contributed by atoms with Crippen molar-refractivity contribution in [2.75, 3.05) is 87.0 Å². The molecule has 15 rings (SSSR count). The van der Waals surface area contributed by atoms with Crippen molar-refractivity contribution in [2.45, 2.75) is 136 Å². The molecule has 0 atom stereocenters. The molecule has 3 aliphatic rings. The van der Waals surface area contributed by atoms with Crippen LogP contribution < -0.4 is 70.7 Å². The number of carbonyl (C=O) groups is 3. The standard InChI is InChI=1S/C28H34N8O5.C28H33N7O5.C27H33N9O6S/c1-4-6-21-23-24(35(3)33-21)27(38)32-25(31-23)20-13-19(7-8-22(20)40-5-2)41-16-17-9-11-36(12-10-17)28-29-14-18(15-30-28)26(37)34-39;1-4-6-21-24-25(34(3)33-21)27(38)32-26(31-24)20-13-19(7-8-23(20)39-5-2)40-18-9-11-35(12-10-18)28-29-14-17(15-30-28)22(37)16-36;1-4-6-20-22-23(35(3)32-20)26(38)31-24(30-22)19-13-18(7-8-21(19)42-5-2)43(40,41)34-17-9-11-36(12-10-17)27-28-14-16(15-29-27)25(37)33-39/h7-8,13-15,17,39H,4-6,9-12,16H2,1-3H3,(H,34,37)(H,31,32,38);7-8,13-15,18,36H,4-6,9-12,16H2,1-3H3,(H,31,32,38);7-8,13-15,17,34,39H,4-6,9-12H2,1-3H3,(H,33,37)(H,30,31,38). The first kappa shape index (κ1) is 88.5. The lowest BCUT2D eigenvalue weighted by Gasteiger charge is -2.32. The number of ketones is 1. The molecule has 12 aromatic rings. The largest absolute Gasteiger partial charge is 0.493 e. The zero-order chi connectivity index (χ0) is 87.9. The Morgan fingerprint density at radius 3 is 1.23 bits per heavy atom. The number of benzene rings is 3. The summed E-state index contributed by atoms with van der Waals surface area (Å²) in [4.78, 5) is 128. The fourth-order valence-electron chi connectivity index (χ4n) is 15.0. The molecule has 3 fully saturated rings. The molecular formula is C83H100N24O16S. The number of sulfonamides is 1. The van der Waals surface area contributed by atoms with Crippen molar-refractivity contribution in [2.24, 2.45) is 27.1 Å². The second kappa shape index (κ2) is 40.2. The SMILES string of the molecule is CCCc1nn(C)c2c(=O)[nH]c(-c3cc(OC4CCN(c5ncc(C(=O)CO)cn5)CC4)ccc3OCC)nc12.CCCc1nn(C)c2c(=O)[nH]c(-c3cc(OCC4CCN(c5ncc(C(=O)NO)cn5)CC4)ccc3OCC)nc12.CCCc1nn(C)c2c(=O)[nH]c(-c3cc(S(=O)(=O)NC4CCN(c5ncc(C(=O)NO)cn5)CC4)ccc3OCC)nc12. The van der Waals surface area contributed by atoms with E-state index in [1.807, 2.05) is 73.9 Å². The highest BCUT2D eigenvalue weighted by molar-refractivity contribution is 7.89. The summed E-state index contributed by atoms with van der Waals surface area (Å²) < 4.78 is 64.5. The van der Waals surface area contributed by atoms with Gasteiger partial charge in [-0.15, -0.1) is 0 Å². The Morgan fingerprint density at radius 1 is 0.476 bits per heavy atom. The van der Waals surface area contributed by atoms with Crippen LogP contribution in [-0.4, -0.2) is 215 Å². The molecule has 12 heterocycles. The number of aliphatic hydroxyl groups excluding tert-OH is 1. The second-order valence-corrected chi connectivity index (χ2v) is 31.5. The van der Waals surface area contributed by atoms with E-state index in [1.54, 1.807) is 42.1 Å². The van der Waals surface area contributed by atoms with Crippen LogP contribution in [-0.2, 0) is 50.4 Å². The summed E-state index contributed by atoms with van der Waals surface area (Å²) in [5.74, 6) is 4.00. The smallest absolute Gasteiger partial charge is 0.277 e. The van der Waals surface area contributed by atoms with Gasteiger partial charge in [0.25, 0.3) is 28.5 Å². The number of anilines is 3. The average Bonchev–Trinajstić information content (AvgIpc) is 1.50. The van der Waals surface area contributed by atoms with E-state index in [9.17, 15) is 37.2 Å². The van der Waals surface area contributed by atoms with Crippen molar-refractivity contribution in [3.05, 3.63) is 157 Å². The average molecular weight is 1720 g/mol. The van der Waals surface area contributed by atoms with Gasteiger partial charge in [-0.3, -0.25) is 53.2 Å². The lowest BCUT2D eigenvalue weighted by molar-refractivity contribution is 0.0701. The molecule has 40 nitrogen and oxygen atoms in total. The lowest BCUT2D eigenvalue weighted by Crippen LogP contribution is -2.45. The number of Topliss-reactive ketones (excluding diaryl/α,β-unsaturated/α-hetero) is 1. The Morgan fingerprint density at radius 2 is 0.839 bits per heavy atom. The summed E-state index contributed by atoms with van der Waals surface area (Å²) in [6, 6.07) is 15.3. The van der Waals surface area contributed by atoms with Crippen LogP contribution in [0.5, 0.6) is 28.7 Å². The van der Waals surface area contributed by atoms with E-state index in [-0.39, 0.29) is 56.2 Å². The highest BCUT2D eigenvalue weighted by Gasteiger charge is 2.31. The minimum atomic E-state index is -3.95. The van der Waals surface area contributed by atoms with Crippen LogP contribution >= 0.6 is 0 Å². The van der Waals surface area contributed by atoms with Crippen LogP contribution in [0, 0.1) is 5.92 Å². The molecule has 0 bridgehead atoms. The van der Waals surface area contributed by atoms with Crippen molar-refractivity contribution in [1.29, 1.82) is 0 Å². The fourth-order valence-corrected chi connectivity index (χ4v) is 16.3. The fraction of sp³-hybridized carbons (Fsp3) is 0.422. The number of nitrogens with one attached hydrogen (secondary N) is 6. The van der Waals surface area contributed by atoms with E-state index in [2.05, 4.69) is 83.6 Å². The summed E-state index contributed by atoms with van der Waals surface area (Å²) in [7, 11) is 1.25. The van der Waals surface area contributed by atoms with E-state index in [0.717, 1.165) is 82.3 Å². The van der Waals surface area contributed by atoms with Gasteiger partial charge < -0.3 is 58.4 Å². The molecule has 3 aromatic carbocycles. The third kappa shape index (κ3) is 20.2. The molecule has 0 radical (unpaired) electrons. The number of carbonyl (C=O) groups excluding carboxylic acids is 3. The summed E-state index contributed by atoms with van der Waals surface area (Å²) in [6.07, 6.45) is 17.2. The predicted octanol–water partition coefficient (Wildman–Crippen LogP) is 7.10. The number of hydroxylamine groups is 2. The van der Waals surface area contributed by atoms with E-state index in [1.165, 1.54) is 59.5 Å². The molecule has 2 amide bonds. The molecule has 0 spiro atoms. The number of nitrogens with zero attached hydrogens (tertiary/aromatic N) is 18. The predicted molar refractivity (Wildman–Crippen MR) is 457 cm³/mol. The highest BCUT2D eigenvalue weighted by Crippen LogP contribution is 2.37. The number of aliphatic hydroxyl groups is 1. The first-order chi connectivity index (χ1) is 60.0. The van der Waals surface area contributed by atoms with Crippen LogP contribution in [0.2, 0.25) is 0 Å². The van der Waals surface area contributed by atoms with E-state index in [4.69, 9.17) is 54.2 Å². The molecule has 0 aliphatic carbocycles. The topological polar surface area (TPSA) is 506 Å². The van der Waals surface area contributed by atoms with Gasteiger partial charge in [0, 0.05) is 116 Å². The monoisotopic (exact) mass is 1720 g/mol. The van der Waals surface area contributed by atoms with Crippen LogP contribution in [0.15, 0.2) is 111 Å². The zero-order valence-corrected chi connectivity index (χ0v) is 71.1. The molecule has 0 saturated carbocycles. The Bertz CT molecular complexity index is 6100. The maximum atomic E-state index is 13.5. The first-order valence-corrected chi connectivity index (χ1v) is 42.7. The van der Waals surface area contributed by atoms with Crippen LogP contribution in [0.4, 0.5) is 17.8 Å². The number of rotatable bonds is 30. The van der Waals surface area contributed by atoms with Gasteiger partial charge in [-0.05, 0) is 126 Å². The van der Waals surface area contributed by atoms with Gasteiger partial charge in [0.2, 0.25) is 27.9 Å². The molecule has 3 saturated heterocycles. The summed E-state index contributed by atoms with van der Waals surface area (Å²) >= 11 is 0. The Labute approximate surface area is 711 Å². The van der Waals surface area contributed by atoms with Gasteiger partial charge >= 0.3 is 0 Å². The lowest BCUT2D eigenvalue weighted by atomic mass is 9.98. The van der Waals surface area contributed by atoms with Crippen molar-refractivity contribution in [3.8, 4) is 62.9 Å². The minimum Gasteiger partial charge on any atom is -0.493 e. The Kier molecular flexibility index (Phi) is 28.7. The summed E-state index contributed by atoms with van der Waals surface area (Å²) in [6.45, 7) is 16.9. The van der Waals surface area contributed by atoms with Gasteiger partial charge in [-0.2, -0.15) is 15.3 Å². The van der Waals surface area contributed by atoms with Crippen LogP contribution in [0.25, 0.3) is 67.3 Å². The molecular weight excluding hydrogens is 1620 g/mol. The number of aromatic amines is 3. The molecule has 0 unspecified atom stereocenters. The normalized spacial score (nSPS) is 14.1. The summed E-state index contributed by atoms with van der Waals surface area (Å²) in [5.41, 5.74) is 9.66. The number of aromatic nitrogens is 18. The number of amides is 2. The number of fused-ring (bicyclic) bond motifs is 3. The molecule has 9 aromatic heterocycles. The van der Waals surface area contributed by atoms with Gasteiger partial charge in [0.15, 0.2) is 22.3 Å². The van der Waals surface area contributed by atoms with Gasteiger partial charge in [0.05, 0.1) is 81.8 Å². The molecule has 41 heteroatoms. The minimum absolute atomic E-state index is 0.0113. The summed E-state index contributed by atoms with van der Waals surface area (Å²) in [5, 5.41) is 40.0. The third-order valence-electron chi connectivity index (χ3n) is 21.2. The van der Waals surface area contributed by atoms with Crippen molar-refractivity contribution in [3.63, 3.8) is 0 Å². The number of hydrogen-bond donors (Lipinski definition) is 9. The first-order valence-electron chi connectivity index (χ1n) is 41.2. The zero-order valence-electron chi connectivity index (χ0n) is 70.3. The maximum absolute atomic E-state index is 13.5. The number of ether oxygens (including phenoxy) is 5. The van der Waals surface area contributed by atoms with Gasteiger partial charge in [-0.1, -0.05) is 40.0 Å². The third-order valence-corrected chi connectivity index (χ3v) is 22.7. The van der Waals surface area contributed by atoms with Gasteiger partial charge in [-0.25, -0.2) is 69.0 Å². The maximum Gasteiger partial charge on any atom is 0.277 e. The molecule has 654 valence electrons. The van der Waals surface area contributed by atoms with Crippen molar-refractivity contribution in [1.82, 2.24) is 105 Å². The van der Waals surface area contributed by atoms with Gasteiger partial charge in [0.1, 0.15) is 75.5 Å². The quantitative estimate of drug-likeness (QED) is 0.0123. The van der Waals surface area contributed by atoms with Crippen LogP contribution in [0.3, 0.4) is 0 Å². The van der Waals surface area contributed by atoms with Crippen LogP contribution in [0.1, 0.15) is 147 Å². The van der Waals surface area contributed by atoms with E-state index >= 15 is 0 Å². The number of piperidine rings is 3. The van der Waals surface area contributed by atoms with Crippen molar-refractivity contribution >= 4 is 78.6 Å². The Balaban J connectivity index is 0.000000160. The number of hydrogen-bond acceptors (Lipinski definition) is 31. The molecule has 124 heavy (non-hydrogen) atoms. The molecule has 3 aliphatic heterocycles. The Hall–Kier alpha value is -13.3. The van der Waals surface area contributed by atoms with Crippen molar-refractivity contribution < 1.29 is 62.0 Å². The number of aryl methyl sites for hydroxylation is 6. The second-order valence-electron chi connectivity index (χ2n) is 29.8.